The monoisotopic (exact) mass is 528 g/mol. The summed E-state index contributed by atoms with van der Waals surface area (Å²) in [5.41, 5.74) is 6.11. The summed E-state index contributed by atoms with van der Waals surface area (Å²) in [5, 5.41) is 8.39. The third-order valence-electron chi connectivity index (χ3n) is 7.78. The third-order valence-corrected chi connectivity index (χ3v) is 8.64. The molecule has 0 saturated heterocycles. The van der Waals surface area contributed by atoms with E-state index in [0.717, 1.165) is 55.7 Å². The first-order valence-electron chi connectivity index (χ1n) is 14.0. The summed E-state index contributed by atoms with van der Waals surface area (Å²) in [6, 6.07) is 13.3. The third kappa shape index (κ3) is 6.76. The van der Waals surface area contributed by atoms with Gasteiger partial charge in [0.05, 0.1) is 10.6 Å². The Morgan fingerprint density at radius 1 is 1.13 bits per heavy atom. The van der Waals surface area contributed by atoms with Gasteiger partial charge in [0.25, 0.3) is 0 Å². The van der Waals surface area contributed by atoms with Crippen molar-refractivity contribution in [3.8, 4) is 10.4 Å². The second kappa shape index (κ2) is 13.3. The van der Waals surface area contributed by atoms with Crippen molar-refractivity contribution < 1.29 is 0 Å². The average molecular weight is 529 g/mol. The van der Waals surface area contributed by atoms with Gasteiger partial charge in [-0.3, -0.25) is 0 Å². The average Bonchev–Trinajstić information content (AvgIpc) is 3.69. The second-order valence-corrected chi connectivity index (χ2v) is 11.4. The van der Waals surface area contributed by atoms with E-state index in [1.165, 1.54) is 47.3 Å². The summed E-state index contributed by atoms with van der Waals surface area (Å²) in [6.07, 6.45) is 15.0. The fourth-order valence-corrected chi connectivity index (χ4v) is 6.26. The first kappa shape index (κ1) is 26.7. The first-order chi connectivity index (χ1) is 18.7. The van der Waals surface area contributed by atoms with E-state index in [1.807, 2.05) is 6.20 Å². The van der Waals surface area contributed by atoms with Crippen LogP contribution in [-0.4, -0.2) is 45.1 Å². The molecule has 0 spiro atoms. The van der Waals surface area contributed by atoms with Gasteiger partial charge in [0.1, 0.15) is 12.0 Å². The van der Waals surface area contributed by atoms with Crippen LogP contribution in [0.2, 0.25) is 0 Å². The molecule has 6 nitrogen and oxygen atoms in total. The quantitative estimate of drug-likeness (QED) is 0.155. The molecule has 2 unspecified atom stereocenters. The highest BCUT2D eigenvalue weighted by atomic mass is 32.1. The lowest BCUT2D eigenvalue weighted by Gasteiger charge is -2.15. The van der Waals surface area contributed by atoms with E-state index in [1.54, 1.807) is 17.9 Å². The molecular weight excluding hydrogens is 488 g/mol. The molecule has 0 bridgehead atoms. The van der Waals surface area contributed by atoms with Gasteiger partial charge in [0.2, 0.25) is 0 Å². The Morgan fingerprint density at radius 3 is 2.87 bits per heavy atom. The van der Waals surface area contributed by atoms with Crippen molar-refractivity contribution in [2.24, 2.45) is 5.92 Å². The summed E-state index contributed by atoms with van der Waals surface area (Å²) < 4.78 is 7.18. The predicted molar refractivity (Wildman–Crippen MR) is 159 cm³/mol. The number of hydrogen-bond donors (Lipinski definition) is 2. The van der Waals surface area contributed by atoms with Crippen LogP contribution in [0, 0.1) is 5.92 Å². The van der Waals surface area contributed by atoms with E-state index in [0.29, 0.717) is 12.0 Å². The summed E-state index contributed by atoms with van der Waals surface area (Å²) in [6.45, 7) is 8.66. The van der Waals surface area contributed by atoms with Gasteiger partial charge in [-0.2, -0.15) is 4.37 Å². The lowest BCUT2D eigenvalue weighted by atomic mass is 10.1. The van der Waals surface area contributed by atoms with Crippen molar-refractivity contribution >= 4 is 22.6 Å². The van der Waals surface area contributed by atoms with Gasteiger partial charge in [-0.15, -0.1) is 0 Å². The van der Waals surface area contributed by atoms with Crippen molar-refractivity contribution in [3.05, 3.63) is 78.0 Å². The molecule has 38 heavy (non-hydrogen) atoms. The van der Waals surface area contributed by atoms with Crippen molar-refractivity contribution in [2.75, 3.05) is 26.2 Å². The van der Waals surface area contributed by atoms with Gasteiger partial charge in [-0.25, -0.2) is 9.97 Å². The molecule has 1 aliphatic rings. The van der Waals surface area contributed by atoms with E-state index in [9.17, 15) is 0 Å². The zero-order valence-corrected chi connectivity index (χ0v) is 23.5. The van der Waals surface area contributed by atoms with Gasteiger partial charge in [-0.05, 0) is 101 Å². The zero-order chi connectivity index (χ0) is 26.2. The van der Waals surface area contributed by atoms with Gasteiger partial charge < -0.3 is 15.2 Å². The van der Waals surface area contributed by atoms with Gasteiger partial charge in [0.15, 0.2) is 0 Å². The predicted octanol–water partition coefficient (Wildman–Crippen LogP) is 6.41. The standard InChI is InChI=1S/C31H40N6S/c1-3-23(2)12-15-32-13-7-14-33-19-25-10-11-27(17-25)37-21-29(28-20-34-22-35-31(28)37)30-18-26(36-38-30)16-24-8-5-4-6-9-24/h3-6,8-9,18,20-22,25,27,32-33H,7,10-17,19H2,1-2H3/b23-3+. The van der Waals surface area contributed by atoms with Crippen LogP contribution in [0.4, 0.5) is 0 Å². The molecular formula is C31H40N6S. The van der Waals surface area contributed by atoms with Crippen LogP contribution in [-0.2, 0) is 6.42 Å². The molecule has 2 atom stereocenters. The molecule has 3 aromatic heterocycles. The number of nitrogens with one attached hydrogen (secondary N) is 2. The van der Waals surface area contributed by atoms with Crippen molar-refractivity contribution in [3.63, 3.8) is 0 Å². The Kier molecular flexibility index (Phi) is 9.33. The Bertz CT molecular complexity index is 1320. The fourth-order valence-electron chi connectivity index (χ4n) is 5.48. The minimum absolute atomic E-state index is 0.487. The summed E-state index contributed by atoms with van der Waals surface area (Å²) in [5.74, 6) is 0.717. The maximum absolute atomic E-state index is 4.77. The number of hydrogen-bond acceptors (Lipinski definition) is 6. The first-order valence-corrected chi connectivity index (χ1v) is 14.8. The molecule has 1 aliphatic carbocycles. The zero-order valence-electron chi connectivity index (χ0n) is 22.7. The lowest BCUT2D eigenvalue weighted by Crippen LogP contribution is -2.26. The minimum Gasteiger partial charge on any atom is -0.329 e. The number of fused-ring (bicyclic) bond motifs is 1. The Labute approximate surface area is 230 Å². The Balaban J connectivity index is 1.16. The van der Waals surface area contributed by atoms with Crippen LogP contribution < -0.4 is 10.6 Å². The molecule has 3 heterocycles. The highest BCUT2D eigenvalue weighted by Gasteiger charge is 2.28. The molecule has 0 aliphatic heterocycles. The van der Waals surface area contributed by atoms with Gasteiger partial charge in [-0.1, -0.05) is 42.0 Å². The molecule has 2 N–H and O–H groups in total. The summed E-state index contributed by atoms with van der Waals surface area (Å²) >= 11 is 1.58. The normalized spacial score (nSPS) is 18.0. The van der Waals surface area contributed by atoms with E-state index < -0.39 is 0 Å². The molecule has 1 fully saturated rings. The minimum atomic E-state index is 0.487. The lowest BCUT2D eigenvalue weighted by molar-refractivity contribution is 0.452. The molecule has 0 amide bonds. The molecule has 1 saturated carbocycles. The van der Waals surface area contributed by atoms with Crippen LogP contribution in [0.25, 0.3) is 21.5 Å². The van der Waals surface area contributed by atoms with Crippen LogP contribution in [0.1, 0.15) is 63.3 Å². The number of rotatable bonds is 13. The topological polar surface area (TPSA) is 67.7 Å². The van der Waals surface area contributed by atoms with Crippen LogP contribution >= 0.6 is 11.5 Å². The number of nitrogens with zero attached hydrogens (tertiary/aromatic N) is 4. The fraction of sp³-hybridized carbons (Fsp3) is 0.452. The second-order valence-electron chi connectivity index (χ2n) is 10.6. The van der Waals surface area contributed by atoms with Crippen molar-refractivity contribution in [1.82, 2.24) is 29.5 Å². The van der Waals surface area contributed by atoms with E-state index >= 15 is 0 Å². The van der Waals surface area contributed by atoms with E-state index in [2.05, 4.69) is 82.7 Å². The molecule has 0 radical (unpaired) electrons. The van der Waals surface area contributed by atoms with Crippen molar-refractivity contribution in [1.29, 1.82) is 0 Å². The summed E-state index contributed by atoms with van der Waals surface area (Å²) in [7, 11) is 0. The number of aromatic nitrogens is 4. The Morgan fingerprint density at radius 2 is 2.00 bits per heavy atom. The maximum Gasteiger partial charge on any atom is 0.144 e. The smallest absolute Gasteiger partial charge is 0.144 e. The van der Waals surface area contributed by atoms with Crippen LogP contribution in [0.15, 0.2) is 66.8 Å². The van der Waals surface area contributed by atoms with Crippen LogP contribution in [0.3, 0.4) is 0 Å². The van der Waals surface area contributed by atoms with E-state index in [-0.39, 0.29) is 0 Å². The number of allylic oxidation sites excluding steroid dienone is 1. The maximum atomic E-state index is 4.77. The largest absolute Gasteiger partial charge is 0.329 e. The summed E-state index contributed by atoms with van der Waals surface area (Å²) in [4.78, 5) is 10.3. The highest BCUT2D eigenvalue weighted by molar-refractivity contribution is 7.09. The van der Waals surface area contributed by atoms with Gasteiger partial charge in [0, 0.05) is 35.8 Å². The SMILES string of the molecule is C/C=C(\C)CCNCCCNCC1CCC(n2cc(-c3cc(Cc4ccccc4)ns3)c3cncnc32)C1. The van der Waals surface area contributed by atoms with Crippen LogP contribution in [0.5, 0.6) is 0 Å². The van der Waals surface area contributed by atoms with E-state index in [4.69, 9.17) is 9.36 Å². The molecule has 1 aromatic carbocycles. The molecule has 200 valence electrons. The van der Waals surface area contributed by atoms with Gasteiger partial charge >= 0.3 is 0 Å². The highest BCUT2D eigenvalue weighted by Crippen LogP contribution is 2.40. The Hall–Kier alpha value is -2.87. The molecule has 5 rings (SSSR count). The molecule has 4 aromatic rings. The van der Waals surface area contributed by atoms with Crippen molar-refractivity contribution in [2.45, 2.75) is 58.4 Å². The molecule has 7 heteroatoms. The number of benzene rings is 1.